The van der Waals surface area contributed by atoms with E-state index in [2.05, 4.69) is 10.00 Å². The number of aromatic nitrogens is 2. The second kappa shape index (κ2) is 4.02. The number of piperidine rings is 1. The molecule has 1 aliphatic heterocycles. The van der Waals surface area contributed by atoms with Crippen LogP contribution in [0.25, 0.3) is 0 Å². The smallest absolute Gasteiger partial charge is 0.255 e. The molecule has 1 unspecified atom stereocenters. The van der Waals surface area contributed by atoms with E-state index in [1.54, 1.807) is 0 Å². The standard InChI is InChI=1S/C13H19F2N3/c1-11-7-16-18(8-11)6-5-17-4-2-3-12(10-17)9-13(12,14)15/h7-8H,2-6,9-10H2,1H3. The van der Waals surface area contributed by atoms with Crippen LogP contribution in [0.1, 0.15) is 24.8 Å². The maximum Gasteiger partial charge on any atom is 0.255 e. The molecule has 0 amide bonds. The van der Waals surface area contributed by atoms with Crippen LogP contribution in [0.15, 0.2) is 12.4 Å². The molecule has 5 heteroatoms. The Morgan fingerprint density at radius 2 is 2.17 bits per heavy atom. The molecular weight excluding hydrogens is 236 g/mol. The molecule has 0 N–H and O–H groups in total. The number of nitrogens with zero attached hydrogens (tertiary/aromatic N) is 3. The van der Waals surface area contributed by atoms with E-state index < -0.39 is 11.3 Å². The maximum absolute atomic E-state index is 13.4. The Morgan fingerprint density at radius 3 is 2.78 bits per heavy atom. The highest BCUT2D eigenvalue weighted by Gasteiger charge is 2.71. The summed E-state index contributed by atoms with van der Waals surface area (Å²) in [6, 6.07) is 0. The number of hydrogen-bond donors (Lipinski definition) is 0. The van der Waals surface area contributed by atoms with Crippen molar-refractivity contribution in [2.45, 2.75) is 38.7 Å². The molecule has 3 rings (SSSR count). The molecule has 0 radical (unpaired) electrons. The van der Waals surface area contributed by atoms with E-state index in [4.69, 9.17) is 0 Å². The van der Waals surface area contributed by atoms with Gasteiger partial charge < -0.3 is 4.90 Å². The Kier molecular flexibility index (Phi) is 2.70. The molecule has 1 saturated heterocycles. The summed E-state index contributed by atoms with van der Waals surface area (Å²) < 4.78 is 28.6. The van der Waals surface area contributed by atoms with Gasteiger partial charge in [-0.15, -0.1) is 0 Å². The summed E-state index contributed by atoms with van der Waals surface area (Å²) in [4.78, 5) is 2.17. The van der Waals surface area contributed by atoms with Crippen LogP contribution in [-0.2, 0) is 6.54 Å². The monoisotopic (exact) mass is 255 g/mol. The van der Waals surface area contributed by atoms with Crippen LogP contribution in [-0.4, -0.2) is 40.2 Å². The lowest BCUT2D eigenvalue weighted by atomic mass is 9.94. The Bertz CT molecular complexity index is 443. The fourth-order valence-corrected chi connectivity index (χ4v) is 3.07. The van der Waals surface area contributed by atoms with E-state index >= 15 is 0 Å². The normalized spacial score (nSPS) is 30.8. The third-order valence-electron chi connectivity index (χ3n) is 4.27. The lowest BCUT2D eigenvalue weighted by Gasteiger charge is -2.32. The fraction of sp³-hybridized carbons (Fsp3) is 0.769. The molecule has 1 aromatic heterocycles. The van der Waals surface area contributed by atoms with Crippen LogP contribution in [0.3, 0.4) is 0 Å². The van der Waals surface area contributed by atoms with Gasteiger partial charge in [-0.3, -0.25) is 4.68 Å². The topological polar surface area (TPSA) is 21.1 Å². The van der Waals surface area contributed by atoms with Crippen molar-refractivity contribution >= 4 is 0 Å². The molecular formula is C13H19F2N3. The minimum atomic E-state index is -2.41. The van der Waals surface area contributed by atoms with Gasteiger partial charge in [0, 0.05) is 25.7 Å². The van der Waals surface area contributed by atoms with Gasteiger partial charge in [-0.05, 0) is 31.9 Å². The van der Waals surface area contributed by atoms with Gasteiger partial charge in [0.1, 0.15) is 0 Å². The summed E-state index contributed by atoms with van der Waals surface area (Å²) >= 11 is 0. The average Bonchev–Trinajstić information content (AvgIpc) is 2.67. The molecule has 1 aliphatic carbocycles. The predicted molar refractivity (Wildman–Crippen MR) is 64.6 cm³/mol. The SMILES string of the molecule is Cc1cnn(CCN2CCCC3(C2)CC3(F)F)c1. The van der Waals surface area contributed by atoms with Crippen LogP contribution in [0.4, 0.5) is 8.78 Å². The maximum atomic E-state index is 13.4. The number of hydrogen-bond acceptors (Lipinski definition) is 2. The van der Waals surface area contributed by atoms with E-state index in [9.17, 15) is 8.78 Å². The molecule has 1 spiro atoms. The summed E-state index contributed by atoms with van der Waals surface area (Å²) in [5.41, 5.74) is 0.449. The minimum Gasteiger partial charge on any atom is -0.301 e. The molecule has 0 aromatic carbocycles. The van der Waals surface area contributed by atoms with Gasteiger partial charge in [-0.2, -0.15) is 5.10 Å². The van der Waals surface area contributed by atoms with Crippen LogP contribution in [0.5, 0.6) is 0 Å². The fourth-order valence-electron chi connectivity index (χ4n) is 3.07. The van der Waals surface area contributed by atoms with Gasteiger partial charge in [0.15, 0.2) is 0 Å². The van der Waals surface area contributed by atoms with Crippen molar-refractivity contribution in [2.75, 3.05) is 19.6 Å². The van der Waals surface area contributed by atoms with Gasteiger partial charge >= 0.3 is 0 Å². The highest BCUT2D eigenvalue weighted by molar-refractivity contribution is 5.12. The van der Waals surface area contributed by atoms with Crippen molar-refractivity contribution in [3.05, 3.63) is 18.0 Å². The molecule has 1 atom stereocenters. The first-order valence-electron chi connectivity index (χ1n) is 6.60. The Hall–Kier alpha value is -0.970. The predicted octanol–water partition coefficient (Wildman–Crippen LogP) is 2.31. The van der Waals surface area contributed by atoms with Gasteiger partial charge in [0.2, 0.25) is 0 Å². The van der Waals surface area contributed by atoms with Crippen LogP contribution in [0.2, 0.25) is 0 Å². The lowest BCUT2D eigenvalue weighted by Crippen LogP contribution is -2.40. The quantitative estimate of drug-likeness (QED) is 0.826. The first-order chi connectivity index (χ1) is 8.51. The number of halogens is 2. The Morgan fingerprint density at radius 1 is 1.39 bits per heavy atom. The first kappa shape index (κ1) is 12.1. The number of alkyl halides is 2. The summed E-state index contributed by atoms with van der Waals surface area (Å²) in [6.45, 7) is 5.11. The minimum absolute atomic E-state index is 0.0946. The second-order valence-corrected chi connectivity index (χ2v) is 5.82. The molecule has 2 heterocycles. The van der Waals surface area contributed by atoms with E-state index in [-0.39, 0.29) is 6.42 Å². The lowest BCUT2D eigenvalue weighted by molar-refractivity contribution is 0.0239. The zero-order valence-electron chi connectivity index (χ0n) is 10.7. The average molecular weight is 255 g/mol. The van der Waals surface area contributed by atoms with Crippen molar-refractivity contribution in [1.82, 2.24) is 14.7 Å². The second-order valence-electron chi connectivity index (χ2n) is 5.82. The van der Waals surface area contributed by atoms with Crippen LogP contribution >= 0.6 is 0 Å². The van der Waals surface area contributed by atoms with Crippen molar-refractivity contribution in [3.8, 4) is 0 Å². The highest BCUT2D eigenvalue weighted by Crippen LogP contribution is 2.64. The third kappa shape index (κ3) is 2.05. The molecule has 1 aromatic rings. The van der Waals surface area contributed by atoms with Crippen molar-refractivity contribution in [3.63, 3.8) is 0 Å². The van der Waals surface area contributed by atoms with Crippen LogP contribution in [0, 0.1) is 12.3 Å². The zero-order valence-corrected chi connectivity index (χ0v) is 10.7. The molecule has 2 aliphatic rings. The largest absolute Gasteiger partial charge is 0.301 e. The number of rotatable bonds is 3. The molecule has 0 bridgehead atoms. The van der Waals surface area contributed by atoms with Crippen LogP contribution < -0.4 is 0 Å². The molecule has 3 nitrogen and oxygen atoms in total. The van der Waals surface area contributed by atoms with Gasteiger partial charge in [0.05, 0.1) is 18.2 Å². The van der Waals surface area contributed by atoms with Crippen molar-refractivity contribution < 1.29 is 8.78 Å². The van der Waals surface area contributed by atoms with E-state index in [0.717, 1.165) is 31.6 Å². The molecule has 1 saturated carbocycles. The number of likely N-dealkylation sites (tertiary alicyclic amines) is 1. The molecule has 2 fully saturated rings. The van der Waals surface area contributed by atoms with E-state index in [1.807, 2.05) is 24.0 Å². The Labute approximate surface area is 106 Å². The van der Waals surface area contributed by atoms with E-state index in [0.29, 0.717) is 13.0 Å². The summed E-state index contributed by atoms with van der Waals surface area (Å²) in [5, 5.41) is 4.22. The summed E-state index contributed by atoms with van der Waals surface area (Å²) in [5.74, 6) is -2.41. The Balaban J connectivity index is 1.54. The number of aryl methyl sites for hydroxylation is 1. The third-order valence-corrected chi connectivity index (χ3v) is 4.27. The van der Waals surface area contributed by atoms with Gasteiger partial charge in [0.25, 0.3) is 5.92 Å². The van der Waals surface area contributed by atoms with E-state index in [1.165, 1.54) is 0 Å². The first-order valence-corrected chi connectivity index (χ1v) is 6.60. The zero-order chi connectivity index (χ0) is 12.8. The molecule has 100 valence electrons. The van der Waals surface area contributed by atoms with Gasteiger partial charge in [-0.1, -0.05) is 0 Å². The summed E-state index contributed by atoms with van der Waals surface area (Å²) in [7, 11) is 0. The van der Waals surface area contributed by atoms with Crippen molar-refractivity contribution in [1.29, 1.82) is 0 Å². The summed E-state index contributed by atoms with van der Waals surface area (Å²) in [6.07, 6.45) is 5.50. The molecule has 18 heavy (non-hydrogen) atoms. The highest BCUT2D eigenvalue weighted by atomic mass is 19.3. The van der Waals surface area contributed by atoms with Gasteiger partial charge in [-0.25, -0.2) is 8.78 Å². The van der Waals surface area contributed by atoms with Crippen molar-refractivity contribution in [2.24, 2.45) is 5.41 Å².